The molecular weight excluding hydrogens is 240 g/mol. The van der Waals surface area contributed by atoms with Crippen LogP contribution in [0.1, 0.15) is 54.4 Å². The SMILES string of the molecule is CC1CC([S+]2CCCCC2)C(=O)c2ccccc21. The van der Waals surface area contributed by atoms with Crippen LogP contribution in [0.5, 0.6) is 0 Å². The zero-order valence-corrected chi connectivity index (χ0v) is 11.8. The molecule has 0 aromatic heterocycles. The van der Waals surface area contributed by atoms with Crippen LogP contribution in [0.3, 0.4) is 0 Å². The van der Waals surface area contributed by atoms with Crippen LogP contribution in [0.4, 0.5) is 0 Å². The predicted octanol–water partition coefficient (Wildman–Crippen LogP) is 3.55. The van der Waals surface area contributed by atoms with Crippen molar-refractivity contribution < 1.29 is 4.79 Å². The average molecular weight is 261 g/mol. The van der Waals surface area contributed by atoms with Gasteiger partial charge in [0.25, 0.3) is 0 Å². The second-order valence-corrected chi connectivity index (χ2v) is 8.04. The highest BCUT2D eigenvalue weighted by molar-refractivity contribution is 7.98. The summed E-state index contributed by atoms with van der Waals surface area (Å²) in [5.74, 6) is 3.59. The molecule has 96 valence electrons. The molecule has 0 N–H and O–H groups in total. The zero-order chi connectivity index (χ0) is 12.5. The molecule has 1 saturated heterocycles. The van der Waals surface area contributed by atoms with Crippen LogP contribution in [0.15, 0.2) is 24.3 Å². The summed E-state index contributed by atoms with van der Waals surface area (Å²) in [7, 11) is 0.361. The van der Waals surface area contributed by atoms with Crippen molar-refractivity contribution in [2.45, 2.75) is 43.8 Å². The molecule has 18 heavy (non-hydrogen) atoms. The third-order valence-corrected chi connectivity index (χ3v) is 7.17. The second-order valence-electron chi connectivity index (χ2n) is 5.58. The molecule has 1 heterocycles. The van der Waals surface area contributed by atoms with Crippen molar-refractivity contribution >= 4 is 16.7 Å². The Labute approximate surface area is 112 Å². The highest BCUT2D eigenvalue weighted by atomic mass is 32.2. The van der Waals surface area contributed by atoms with Crippen LogP contribution in [0.25, 0.3) is 0 Å². The summed E-state index contributed by atoms with van der Waals surface area (Å²) in [6.07, 6.45) is 5.13. The van der Waals surface area contributed by atoms with E-state index in [0.717, 1.165) is 12.0 Å². The minimum absolute atomic E-state index is 0.329. The molecular formula is C16H21OS+. The van der Waals surface area contributed by atoms with E-state index in [0.29, 0.717) is 27.8 Å². The summed E-state index contributed by atoms with van der Waals surface area (Å²) < 4.78 is 0. The van der Waals surface area contributed by atoms with Crippen molar-refractivity contribution in [3.63, 3.8) is 0 Å². The predicted molar refractivity (Wildman–Crippen MR) is 78.5 cm³/mol. The number of fused-ring (bicyclic) bond motifs is 1. The van der Waals surface area contributed by atoms with Crippen molar-refractivity contribution in [3.8, 4) is 0 Å². The summed E-state index contributed by atoms with van der Waals surface area (Å²) >= 11 is 0. The number of benzene rings is 1. The standard InChI is InChI=1S/C16H21OS/c1-12-11-15(18-9-5-2-6-10-18)16(17)14-8-4-3-7-13(12)14/h3-4,7-8,12,15H,2,5-6,9-11H2,1H3/q+1. The maximum absolute atomic E-state index is 12.7. The average Bonchev–Trinajstić information content (AvgIpc) is 2.44. The second kappa shape index (κ2) is 5.08. The maximum atomic E-state index is 12.7. The van der Waals surface area contributed by atoms with Gasteiger partial charge in [0.1, 0.15) is 11.5 Å². The maximum Gasteiger partial charge on any atom is 0.215 e. The van der Waals surface area contributed by atoms with E-state index in [9.17, 15) is 4.79 Å². The first-order valence-electron chi connectivity index (χ1n) is 7.07. The molecule has 0 amide bonds. The van der Waals surface area contributed by atoms with Crippen LogP contribution in [-0.2, 0) is 10.9 Å². The number of carbonyl (C=O) groups is 1. The van der Waals surface area contributed by atoms with Gasteiger partial charge in [-0.3, -0.25) is 4.79 Å². The summed E-state index contributed by atoms with van der Waals surface area (Å²) in [5.41, 5.74) is 2.29. The Morgan fingerprint density at radius 3 is 2.61 bits per heavy atom. The first-order chi connectivity index (χ1) is 8.77. The lowest BCUT2D eigenvalue weighted by molar-refractivity contribution is 0.0974. The number of hydrogen-bond acceptors (Lipinski definition) is 1. The van der Waals surface area contributed by atoms with Crippen molar-refractivity contribution in [2.75, 3.05) is 11.5 Å². The van der Waals surface area contributed by atoms with Crippen LogP contribution in [0.2, 0.25) is 0 Å². The Morgan fingerprint density at radius 2 is 1.83 bits per heavy atom. The topological polar surface area (TPSA) is 17.1 Å². The van der Waals surface area contributed by atoms with E-state index in [2.05, 4.69) is 19.1 Å². The Hall–Kier alpha value is -0.760. The summed E-state index contributed by atoms with van der Waals surface area (Å²) in [6.45, 7) is 2.28. The molecule has 0 radical (unpaired) electrons. The van der Waals surface area contributed by atoms with Gasteiger partial charge in [-0.1, -0.05) is 31.2 Å². The largest absolute Gasteiger partial charge is 0.288 e. The van der Waals surface area contributed by atoms with Crippen molar-refractivity contribution in [2.24, 2.45) is 0 Å². The number of rotatable bonds is 1. The molecule has 1 aliphatic heterocycles. The van der Waals surface area contributed by atoms with Gasteiger partial charge < -0.3 is 0 Å². The van der Waals surface area contributed by atoms with Gasteiger partial charge in [0.15, 0.2) is 5.25 Å². The fraction of sp³-hybridized carbons (Fsp3) is 0.562. The van der Waals surface area contributed by atoms with E-state index < -0.39 is 0 Å². The lowest BCUT2D eigenvalue weighted by Gasteiger charge is -2.29. The molecule has 1 fully saturated rings. The molecule has 2 unspecified atom stereocenters. The van der Waals surface area contributed by atoms with Crippen molar-refractivity contribution in [1.29, 1.82) is 0 Å². The van der Waals surface area contributed by atoms with Gasteiger partial charge in [-0.2, -0.15) is 0 Å². The first-order valence-corrected chi connectivity index (χ1v) is 8.69. The third-order valence-electron chi connectivity index (χ3n) is 4.33. The molecule has 1 aliphatic carbocycles. The normalized spacial score (nSPS) is 29.1. The number of ketones is 1. The third kappa shape index (κ3) is 2.11. The number of hydrogen-bond donors (Lipinski definition) is 0. The molecule has 0 bridgehead atoms. The highest BCUT2D eigenvalue weighted by Gasteiger charge is 2.43. The Balaban J connectivity index is 1.89. The molecule has 2 atom stereocenters. The van der Waals surface area contributed by atoms with E-state index in [1.807, 2.05) is 12.1 Å². The van der Waals surface area contributed by atoms with Gasteiger partial charge >= 0.3 is 0 Å². The molecule has 0 saturated carbocycles. The molecule has 2 heteroatoms. The molecule has 1 aromatic carbocycles. The van der Waals surface area contributed by atoms with Gasteiger partial charge in [0.05, 0.1) is 0 Å². The smallest absolute Gasteiger partial charge is 0.215 e. The quantitative estimate of drug-likeness (QED) is 0.707. The van der Waals surface area contributed by atoms with E-state index >= 15 is 0 Å². The fourth-order valence-electron chi connectivity index (χ4n) is 3.31. The van der Waals surface area contributed by atoms with Crippen LogP contribution < -0.4 is 0 Å². The van der Waals surface area contributed by atoms with Gasteiger partial charge in [0, 0.05) is 12.0 Å². The fourth-order valence-corrected chi connectivity index (χ4v) is 6.22. The van der Waals surface area contributed by atoms with Crippen LogP contribution >= 0.6 is 0 Å². The van der Waals surface area contributed by atoms with Gasteiger partial charge in [-0.25, -0.2) is 0 Å². The molecule has 1 nitrogen and oxygen atoms in total. The monoisotopic (exact) mass is 261 g/mol. The van der Waals surface area contributed by atoms with Crippen molar-refractivity contribution in [1.82, 2.24) is 0 Å². The molecule has 0 spiro atoms. The van der Waals surface area contributed by atoms with E-state index in [-0.39, 0.29) is 0 Å². The van der Waals surface area contributed by atoms with Crippen molar-refractivity contribution in [3.05, 3.63) is 35.4 Å². The summed E-state index contributed by atoms with van der Waals surface area (Å²) in [5, 5.41) is 0.329. The lowest BCUT2D eigenvalue weighted by atomic mass is 9.83. The van der Waals surface area contributed by atoms with Crippen LogP contribution in [0, 0.1) is 0 Å². The van der Waals surface area contributed by atoms with Gasteiger partial charge in [-0.15, -0.1) is 0 Å². The molecule has 1 aromatic rings. The Morgan fingerprint density at radius 1 is 1.11 bits per heavy atom. The van der Waals surface area contributed by atoms with E-state index in [1.54, 1.807) is 0 Å². The number of carbonyl (C=O) groups excluding carboxylic acids is 1. The van der Waals surface area contributed by atoms with Crippen LogP contribution in [-0.4, -0.2) is 22.5 Å². The lowest BCUT2D eigenvalue weighted by Crippen LogP contribution is -2.40. The zero-order valence-electron chi connectivity index (χ0n) is 11.0. The minimum atomic E-state index is 0.329. The Kier molecular flexibility index (Phi) is 3.47. The first kappa shape index (κ1) is 12.3. The van der Waals surface area contributed by atoms with E-state index in [4.69, 9.17) is 0 Å². The minimum Gasteiger partial charge on any atom is -0.288 e. The Bertz CT molecular complexity index is 448. The summed E-state index contributed by atoms with van der Waals surface area (Å²) in [6, 6.07) is 8.24. The molecule has 2 aliphatic rings. The summed E-state index contributed by atoms with van der Waals surface area (Å²) in [4.78, 5) is 12.7. The molecule has 3 rings (SSSR count). The highest BCUT2D eigenvalue weighted by Crippen LogP contribution is 2.36. The van der Waals surface area contributed by atoms with E-state index in [1.165, 1.54) is 36.3 Å². The van der Waals surface area contributed by atoms with Gasteiger partial charge in [-0.05, 0) is 41.6 Å². The van der Waals surface area contributed by atoms with Gasteiger partial charge in [0.2, 0.25) is 5.78 Å². The number of Topliss-reactive ketones (excluding diaryl/α,β-unsaturated/α-hetero) is 1.